The first-order valence-electron chi connectivity index (χ1n) is 8.89. The molecule has 0 radical (unpaired) electrons. The molecule has 0 amide bonds. The minimum absolute atomic E-state index is 0.0227. The maximum Gasteiger partial charge on any atom is 0.258 e. The second-order valence-electron chi connectivity index (χ2n) is 6.97. The molecule has 0 saturated carbocycles. The largest absolute Gasteiger partial charge is 0.497 e. The van der Waals surface area contributed by atoms with Crippen molar-refractivity contribution in [3.05, 3.63) is 64.6 Å². The van der Waals surface area contributed by atoms with Crippen LogP contribution in [-0.4, -0.2) is 29.7 Å². The van der Waals surface area contributed by atoms with Crippen LogP contribution in [0.2, 0.25) is 0 Å². The molecule has 2 aromatic carbocycles. The first-order chi connectivity index (χ1) is 12.4. The van der Waals surface area contributed by atoms with Crippen molar-refractivity contribution in [1.82, 2.24) is 9.47 Å². The van der Waals surface area contributed by atoms with Crippen LogP contribution in [0.25, 0.3) is 21.9 Å². The predicted molar refractivity (Wildman–Crippen MR) is 108 cm³/mol. The lowest BCUT2D eigenvalue weighted by Gasteiger charge is -2.25. The van der Waals surface area contributed by atoms with Gasteiger partial charge in [0.2, 0.25) is 0 Å². The van der Waals surface area contributed by atoms with Crippen molar-refractivity contribution in [1.29, 1.82) is 0 Å². The molecule has 0 saturated heterocycles. The molecule has 3 aromatic rings. The molecule has 0 N–H and O–H groups in total. The number of aromatic nitrogens is 1. The molecule has 0 aliphatic rings. The van der Waals surface area contributed by atoms with Crippen LogP contribution in [-0.2, 0) is 13.6 Å². The second kappa shape index (κ2) is 7.34. The van der Waals surface area contributed by atoms with E-state index in [2.05, 4.69) is 37.9 Å². The van der Waals surface area contributed by atoms with Crippen LogP contribution in [0.3, 0.4) is 0 Å². The van der Waals surface area contributed by atoms with Gasteiger partial charge in [-0.1, -0.05) is 30.3 Å². The fraction of sp³-hybridized carbons (Fsp3) is 0.318. The summed E-state index contributed by atoms with van der Waals surface area (Å²) in [7, 11) is 5.60. The van der Waals surface area contributed by atoms with Gasteiger partial charge in [0, 0.05) is 41.7 Å². The minimum atomic E-state index is 0.0227. The third-order valence-corrected chi connectivity index (χ3v) is 5.07. The second-order valence-corrected chi connectivity index (χ2v) is 6.97. The highest BCUT2D eigenvalue weighted by Crippen LogP contribution is 2.33. The SMILES string of the molecule is COc1ccc2c(=O)n(C)c(CN(C)C(C)C)c(-c3ccccc3)c2c1. The molecule has 26 heavy (non-hydrogen) atoms. The molecule has 3 rings (SSSR count). The first-order valence-corrected chi connectivity index (χ1v) is 8.89. The van der Waals surface area contributed by atoms with E-state index >= 15 is 0 Å². The van der Waals surface area contributed by atoms with Crippen molar-refractivity contribution in [2.24, 2.45) is 7.05 Å². The molecule has 0 atom stereocenters. The van der Waals surface area contributed by atoms with Crippen LogP contribution in [0, 0.1) is 0 Å². The Kier molecular flexibility index (Phi) is 5.14. The number of hydrogen-bond donors (Lipinski definition) is 0. The van der Waals surface area contributed by atoms with Crippen molar-refractivity contribution < 1.29 is 4.74 Å². The molecule has 0 bridgehead atoms. The van der Waals surface area contributed by atoms with E-state index in [1.54, 1.807) is 11.7 Å². The van der Waals surface area contributed by atoms with Gasteiger partial charge in [0.1, 0.15) is 5.75 Å². The third kappa shape index (κ3) is 3.25. The normalized spacial score (nSPS) is 11.5. The summed E-state index contributed by atoms with van der Waals surface area (Å²) in [4.78, 5) is 15.2. The Morgan fingerprint density at radius 3 is 2.38 bits per heavy atom. The molecule has 4 heteroatoms. The van der Waals surface area contributed by atoms with E-state index in [-0.39, 0.29) is 5.56 Å². The highest BCUT2D eigenvalue weighted by Gasteiger charge is 2.19. The van der Waals surface area contributed by atoms with E-state index in [4.69, 9.17) is 4.74 Å². The number of benzene rings is 2. The van der Waals surface area contributed by atoms with Crippen molar-refractivity contribution >= 4 is 10.8 Å². The van der Waals surface area contributed by atoms with Crippen molar-refractivity contribution in [3.8, 4) is 16.9 Å². The van der Waals surface area contributed by atoms with E-state index in [0.717, 1.165) is 28.0 Å². The molecule has 1 heterocycles. The Hall–Kier alpha value is -2.59. The summed E-state index contributed by atoms with van der Waals surface area (Å²) in [6.07, 6.45) is 0. The molecular formula is C22H26N2O2. The van der Waals surface area contributed by atoms with Gasteiger partial charge in [-0.3, -0.25) is 9.69 Å². The zero-order chi connectivity index (χ0) is 18.8. The highest BCUT2D eigenvalue weighted by molar-refractivity contribution is 5.98. The lowest BCUT2D eigenvalue weighted by molar-refractivity contribution is 0.260. The summed E-state index contributed by atoms with van der Waals surface area (Å²) in [5.41, 5.74) is 3.23. The Morgan fingerprint density at radius 1 is 1.08 bits per heavy atom. The molecule has 4 nitrogen and oxygen atoms in total. The molecule has 0 aliphatic carbocycles. The standard InChI is InChI=1S/C22H26N2O2/c1-15(2)23(3)14-20-21(16-9-7-6-8-10-16)19-13-17(26-5)11-12-18(19)22(25)24(20)4/h6-13,15H,14H2,1-5H3. The van der Waals surface area contributed by atoms with E-state index in [1.807, 2.05) is 43.4 Å². The van der Waals surface area contributed by atoms with Crippen LogP contribution < -0.4 is 10.3 Å². The van der Waals surface area contributed by atoms with E-state index in [1.165, 1.54) is 0 Å². The van der Waals surface area contributed by atoms with E-state index in [0.29, 0.717) is 18.0 Å². The zero-order valence-corrected chi connectivity index (χ0v) is 16.1. The number of methoxy groups -OCH3 is 1. The van der Waals surface area contributed by atoms with E-state index in [9.17, 15) is 4.79 Å². The lowest BCUT2D eigenvalue weighted by Crippen LogP contribution is -2.30. The summed E-state index contributed by atoms with van der Waals surface area (Å²) in [6, 6.07) is 16.3. The topological polar surface area (TPSA) is 34.5 Å². The number of hydrogen-bond acceptors (Lipinski definition) is 3. The highest BCUT2D eigenvalue weighted by atomic mass is 16.5. The fourth-order valence-corrected chi connectivity index (χ4v) is 3.20. The van der Waals surface area contributed by atoms with Gasteiger partial charge >= 0.3 is 0 Å². The van der Waals surface area contributed by atoms with Gasteiger partial charge in [-0.05, 0) is 44.7 Å². The quantitative estimate of drug-likeness (QED) is 0.696. The van der Waals surface area contributed by atoms with Gasteiger partial charge < -0.3 is 9.30 Å². The molecule has 1 aromatic heterocycles. The molecule has 0 aliphatic heterocycles. The maximum atomic E-state index is 13.0. The van der Waals surface area contributed by atoms with Crippen LogP contribution in [0.1, 0.15) is 19.5 Å². The van der Waals surface area contributed by atoms with E-state index < -0.39 is 0 Å². The number of rotatable bonds is 5. The fourth-order valence-electron chi connectivity index (χ4n) is 3.20. The summed E-state index contributed by atoms with van der Waals surface area (Å²) in [6.45, 7) is 5.01. The molecule has 0 fully saturated rings. The van der Waals surface area contributed by atoms with Gasteiger partial charge in [0.15, 0.2) is 0 Å². The monoisotopic (exact) mass is 350 g/mol. The number of pyridine rings is 1. The molecule has 0 spiro atoms. The minimum Gasteiger partial charge on any atom is -0.497 e. The molecular weight excluding hydrogens is 324 g/mol. The first kappa shape index (κ1) is 18.2. The van der Waals surface area contributed by atoms with Gasteiger partial charge in [0.05, 0.1) is 7.11 Å². The Bertz CT molecular complexity index is 975. The average Bonchev–Trinajstić information content (AvgIpc) is 2.66. The van der Waals surface area contributed by atoms with Crippen LogP contribution in [0.15, 0.2) is 53.3 Å². The van der Waals surface area contributed by atoms with Gasteiger partial charge in [-0.2, -0.15) is 0 Å². The molecule has 136 valence electrons. The Morgan fingerprint density at radius 2 is 1.77 bits per heavy atom. The van der Waals surface area contributed by atoms with Crippen molar-refractivity contribution in [2.45, 2.75) is 26.4 Å². The predicted octanol–water partition coefficient (Wildman–Crippen LogP) is 4.05. The van der Waals surface area contributed by atoms with Crippen molar-refractivity contribution in [3.63, 3.8) is 0 Å². The summed E-state index contributed by atoms with van der Waals surface area (Å²) in [5.74, 6) is 0.756. The number of nitrogens with zero attached hydrogens (tertiary/aromatic N) is 2. The van der Waals surface area contributed by atoms with Crippen LogP contribution in [0.4, 0.5) is 0 Å². The van der Waals surface area contributed by atoms with Crippen molar-refractivity contribution in [2.75, 3.05) is 14.2 Å². The number of ether oxygens (including phenoxy) is 1. The van der Waals surface area contributed by atoms with Gasteiger partial charge in [-0.25, -0.2) is 0 Å². The number of fused-ring (bicyclic) bond motifs is 1. The lowest BCUT2D eigenvalue weighted by atomic mass is 9.96. The summed E-state index contributed by atoms with van der Waals surface area (Å²) in [5, 5.41) is 1.65. The summed E-state index contributed by atoms with van der Waals surface area (Å²) < 4.78 is 7.21. The summed E-state index contributed by atoms with van der Waals surface area (Å²) >= 11 is 0. The van der Waals surface area contributed by atoms with Crippen LogP contribution in [0.5, 0.6) is 5.75 Å². The smallest absolute Gasteiger partial charge is 0.258 e. The molecule has 0 unspecified atom stereocenters. The third-order valence-electron chi connectivity index (χ3n) is 5.07. The van der Waals surface area contributed by atoms with Gasteiger partial charge in [-0.15, -0.1) is 0 Å². The maximum absolute atomic E-state index is 13.0. The van der Waals surface area contributed by atoms with Gasteiger partial charge in [0.25, 0.3) is 5.56 Å². The zero-order valence-electron chi connectivity index (χ0n) is 16.1. The Balaban J connectivity index is 2.40. The van der Waals surface area contributed by atoms with Crippen LogP contribution >= 0.6 is 0 Å². The Labute approximate surface area is 154 Å². The average molecular weight is 350 g/mol.